The lowest BCUT2D eigenvalue weighted by atomic mass is 10.2. The van der Waals surface area contributed by atoms with Crippen LogP contribution < -0.4 is 16.7 Å². The lowest BCUT2D eigenvalue weighted by Crippen LogP contribution is -2.41. The molecule has 0 bridgehead atoms. The third-order valence-corrected chi connectivity index (χ3v) is 1.15. The Labute approximate surface area is 84.0 Å². The van der Waals surface area contributed by atoms with E-state index in [1.165, 1.54) is 0 Å². The third kappa shape index (κ3) is 9.24. The maximum atomic E-state index is 11.0. The van der Waals surface area contributed by atoms with Crippen LogP contribution in [0.25, 0.3) is 0 Å². The van der Waals surface area contributed by atoms with Crippen molar-refractivity contribution in [1.82, 2.24) is 10.9 Å². The number of hydrazine groups is 1. The molecule has 0 spiro atoms. The van der Waals surface area contributed by atoms with Crippen molar-refractivity contribution < 1.29 is 14.4 Å². The van der Waals surface area contributed by atoms with Crippen molar-refractivity contribution in [3.8, 4) is 0 Å². The molecule has 0 heterocycles. The fourth-order valence-corrected chi connectivity index (χ4v) is 0.682. The van der Waals surface area contributed by atoms with Gasteiger partial charge >= 0.3 is 6.09 Å². The molecule has 6 heteroatoms. The van der Waals surface area contributed by atoms with Crippen LogP contribution >= 0.6 is 0 Å². The number of hydrogen-bond acceptors (Lipinski definition) is 5. The first-order valence-corrected chi connectivity index (χ1v) is 4.49. The van der Waals surface area contributed by atoms with Crippen LogP contribution in [0, 0.1) is 0 Å². The van der Waals surface area contributed by atoms with Gasteiger partial charge < -0.3 is 9.57 Å². The minimum Gasteiger partial charge on any atom is -0.443 e. The minimum absolute atomic E-state index is 0.447. The van der Waals surface area contributed by atoms with Gasteiger partial charge in [-0.05, 0) is 27.2 Å². The molecule has 0 aromatic rings. The van der Waals surface area contributed by atoms with Gasteiger partial charge in [0.05, 0.1) is 6.61 Å². The molecule has 14 heavy (non-hydrogen) atoms. The summed E-state index contributed by atoms with van der Waals surface area (Å²) in [6.45, 7) is 6.43. The molecule has 0 aromatic carbocycles. The summed E-state index contributed by atoms with van der Waals surface area (Å²) in [6, 6.07) is 0. The predicted octanol–water partition coefficient (Wildman–Crippen LogP) is 0.296. The molecule has 0 aliphatic carbocycles. The Morgan fingerprint density at radius 2 is 2.07 bits per heavy atom. The highest BCUT2D eigenvalue weighted by atomic mass is 16.6. The van der Waals surface area contributed by atoms with Gasteiger partial charge in [0.1, 0.15) is 5.60 Å². The minimum atomic E-state index is -0.494. The molecule has 0 aliphatic heterocycles. The molecule has 1 amide bonds. The highest BCUT2D eigenvalue weighted by Gasteiger charge is 2.15. The second kappa shape index (κ2) is 6.58. The number of nitrogens with two attached hydrogens (primary N) is 1. The van der Waals surface area contributed by atoms with E-state index in [1.54, 1.807) is 20.8 Å². The molecular formula is C8H19N3O3. The Morgan fingerprint density at radius 1 is 1.43 bits per heavy atom. The quantitative estimate of drug-likeness (QED) is 0.444. The zero-order valence-electron chi connectivity index (χ0n) is 8.92. The second-order valence-corrected chi connectivity index (χ2v) is 3.78. The standard InChI is InChI=1S/C8H19N3O3/c1-8(2,3)14-7(12)11-10-5-4-6-13-9/h10H,4-6,9H2,1-3H3,(H,11,12). The van der Waals surface area contributed by atoms with Crippen molar-refractivity contribution in [2.45, 2.75) is 32.8 Å². The summed E-state index contributed by atoms with van der Waals surface area (Å²) in [5.74, 6) is 4.81. The Balaban J connectivity index is 3.36. The fourth-order valence-electron chi connectivity index (χ4n) is 0.682. The zero-order chi connectivity index (χ0) is 11.0. The van der Waals surface area contributed by atoms with Crippen molar-refractivity contribution in [3.63, 3.8) is 0 Å². The van der Waals surface area contributed by atoms with Gasteiger partial charge in [-0.2, -0.15) is 0 Å². The van der Waals surface area contributed by atoms with Crippen LogP contribution in [-0.4, -0.2) is 24.8 Å². The lowest BCUT2D eigenvalue weighted by Gasteiger charge is -2.19. The normalized spacial score (nSPS) is 11.1. The van der Waals surface area contributed by atoms with E-state index in [4.69, 9.17) is 10.6 Å². The smallest absolute Gasteiger partial charge is 0.422 e. The first kappa shape index (κ1) is 13.2. The van der Waals surface area contributed by atoms with Crippen LogP contribution in [-0.2, 0) is 9.57 Å². The van der Waals surface area contributed by atoms with Gasteiger partial charge in [-0.1, -0.05) is 0 Å². The van der Waals surface area contributed by atoms with Crippen molar-refractivity contribution in [2.24, 2.45) is 5.90 Å². The summed E-state index contributed by atoms with van der Waals surface area (Å²) in [5, 5.41) is 0. The van der Waals surface area contributed by atoms with Crippen LogP contribution in [0.2, 0.25) is 0 Å². The van der Waals surface area contributed by atoms with Crippen LogP contribution in [0.3, 0.4) is 0 Å². The number of nitrogens with one attached hydrogen (secondary N) is 2. The molecule has 84 valence electrons. The molecular weight excluding hydrogens is 186 g/mol. The van der Waals surface area contributed by atoms with Gasteiger partial charge in [0.25, 0.3) is 0 Å². The van der Waals surface area contributed by atoms with Gasteiger partial charge in [-0.15, -0.1) is 0 Å². The van der Waals surface area contributed by atoms with Crippen molar-refractivity contribution >= 4 is 6.09 Å². The van der Waals surface area contributed by atoms with E-state index in [0.29, 0.717) is 19.6 Å². The molecule has 0 atom stereocenters. The van der Waals surface area contributed by atoms with E-state index in [2.05, 4.69) is 15.7 Å². The molecule has 0 aliphatic rings. The van der Waals surface area contributed by atoms with E-state index in [0.717, 1.165) is 0 Å². The summed E-state index contributed by atoms with van der Waals surface area (Å²) in [5.41, 5.74) is 4.59. The fraction of sp³-hybridized carbons (Fsp3) is 0.875. The maximum absolute atomic E-state index is 11.0. The zero-order valence-corrected chi connectivity index (χ0v) is 8.92. The second-order valence-electron chi connectivity index (χ2n) is 3.78. The van der Waals surface area contributed by atoms with Crippen LogP contribution in [0.4, 0.5) is 4.79 Å². The number of rotatable bonds is 5. The Hall–Kier alpha value is -0.850. The summed E-state index contributed by atoms with van der Waals surface area (Å²) in [4.78, 5) is 15.4. The van der Waals surface area contributed by atoms with Crippen LogP contribution in [0.15, 0.2) is 0 Å². The third-order valence-electron chi connectivity index (χ3n) is 1.15. The van der Waals surface area contributed by atoms with Gasteiger partial charge in [0.2, 0.25) is 0 Å². The summed E-state index contributed by atoms with van der Waals surface area (Å²) in [6.07, 6.45) is 0.220. The Bertz CT molecular complexity index is 168. The van der Waals surface area contributed by atoms with E-state index < -0.39 is 11.7 Å². The summed E-state index contributed by atoms with van der Waals surface area (Å²) >= 11 is 0. The van der Waals surface area contributed by atoms with Gasteiger partial charge in [-0.3, -0.25) is 5.43 Å². The largest absolute Gasteiger partial charge is 0.443 e. The molecule has 0 unspecified atom stereocenters. The highest BCUT2D eigenvalue weighted by Crippen LogP contribution is 2.05. The van der Waals surface area contributed by atoms with E-state index in [9.17, 15) is 4.79 Å². The number of carbonyl (C=O) groups is 1. The van der Waals surface area contributed by atoms with Crippen molar-refractivity contribution in [2.75, 3.05) is 13.2 Å². The SMILES string of the molecule is CC(C)(C)OC(=O)NNCCCON. The average molecular weight is 205 g/mol. The monoisotopic (exact) mass is 205 g/mol. The van der Waals surface area contributed by atoms with Gasteiger partial charge in [0, 0.05) is 6.54 Å². The molecule has 6 nitrogen and oxygen atoms in total. The van der Waals surface area contributed by atoms with Gasteiger partial charge in [-0.25, -0.2) is 16.1 Å². The molecule has 0 rings (SSSR count). The molecule has 0 saturated carbocycles. The number of hydrogen-bond donors (Lipinski definition) is 3. The summed E-state index contributed by atoms with van der Waals surface area (Å²) in [7, 11) is 0. The first-order valence-electron chi connectivity index (χ1n) is 4.49. The Kier molecular flexibility index (Phi) is 6.18. The number of carbonyl (C=O) groups excluding carboxylic acids is 1. The molecule has 0 aromatic heterocycles. The number of amides is 1. The van der Waals surface area contributed by atoms with Crippen molar-refractivity contribution in [3.05, 3.63) is 0 Å². The van der Waals surface area contributed by atoms with E-state index in [1.807, 2.05) is 0 Å². The van der Waals surface area contributed by atoms with Gasteiger partial charge in [0.15, 0.2) is 0 Å². The predicted molar refractivity (Wildman–Crippen MR) is 52.1 cm³/mol. The molecule has 4 N–H and O–H groups in total. The van der Waals surface area contributed by atoms with Crippen LogP contribution in [0.1, 0.15) is 27.2 Å². The summed E-state index contributed by atoms with van der Waals surface area (Å²) < 4.78 is 4.98. The average Bonchev–Trinajstić information content (AvgIpc) is 2.00. The topological polar surface area (TPSA) is 85.6 Å². The lowest BCUT2D eigenvalue weighted by molar-refractivity contribution is 0.0495. The molecule has 0 radical (unpaired) electrons. The van der Waals surface area contributed by atoms with E-state index >= 15 is 0 Å². The molecule has 0 saturated heterocycles. The van der Waals surface area contributed by atoms with E-state index in [-0.39, 0.29) is 0 Å². The maximum Gasteiger partial charge on any atom is 0.422 e. The first-order chi connectivity index (χ1) is 6.45. The number of ether oxygens (including phenoxy) is 1. The highest BCUT2D eigenvalue weighted by molar-refractivity contribution is 5.66. The van der Waals surface area contributed by atoms with Crippen molar-refractivity contribution in [1.29, 1.82) is 0 Å². The van der Waals surface area contributed by atoms with Crippen LogP contribution in [0.5, 0.6) is 0 Å². The Morgan fingerprint density at radius 3 is 2.57 bits per heavy atom. The molecule has 0 fully saturated rings.